The van der Waals surface area contributed by atoms with E-state index in [1.54, 1.807) is 6.20 Å². The number of fused-ring (bicyclic) bond motifs is 1. The zero-order valence-corrected chi connectivity index (χ0v) is 17.4. The van der Waals surface area contributed by atoms with Crippen LogP contribution in [0.25, 0.3) is 11.3 Å². The van der Waals surface area contributed by atoms with Gasteiger partial charge in [-0.25, -0.2) is 0 Å². The van der Waals surface area contributed by atoms with E-state index in [2.05, 4.69) is 34.3 Å². The molecule has 1 atom stereocenters. The highest BCUT2D eigenvalue weighted by atomic mass is 19.4. The van der Waals surface area contributed by atoms with Crippen LogP contribution in [0.4, 0.5) is 13.2 Å². The van der Waals surface area contributed by atoms with Crippen molar-refractivity contribution >= 4 is 5.91 Å². The van der Waals surface area contributed by atoms with Crippen molar-refractivity contribution in [2.45, 2.75) is 51.4 Å². The van der Waals surface area contributed by atoms with Crippen LogP contribution in [0.3, 0.4) is 0 Å². The van der Waals surface area contributed by atoms with Crippen molar-refractivity contribution in [2.24, 2.45) is 7.05 Å². The Morgan fingerprint density at radius 2 is 2.00 bits per heavy atom. The molecule has 10 heteroatoms. The Hall–Kier alpha value is -3.17. The molecule has 164 valence electrons. The number of aromatic nitrogens is 5. The first-order valence-corrected chi connectivity index (χ1v) is 10.1. The molecule has 3 aromatic heterocycles. The zero-order chi connectivity index (χ0) is 22.3. The van der Waals surface area contributed by atoms with Gasteiger partial charge in [0.2, 0.25) is 0 Å². The normalized spacial score (nSPS) is 16.4. The Labute approximate surface area is 177 Å². The summed E-state index contributed by atoms with van der Waals surface area (Å²) in [6.45, 7) is 4.85. The van der Waals surface area contributed by atoms with Gasteiger partial charge in [0.15, 0.2) is 5.69 Å². The maximum atomic E-state index is 12.9. The van der Waals surface area contributed by atoms with Gasteiger partial charge in [-0.1, -0.05) is 13.8 Å². The number of carbonyl (C=O) groups is 1. The maximum Gasteiger partial charge on any atom is 0.435 e. The number of amides is 1. The second kappa shape index (κ2) is 7.82. The summed E-state index contributed by atoms with van der Waals surface area (Å²) < 4.78 is 41.6. The SMILES string of the molecule is CC(C)c1cc(-c2cc3n(n2)CCC[C@H]3NC(=O)c2cc(C(F)(F)F)nn2C)ccn1. The second-order valence-corrected chi connectivity index (χ2v) is 8.01. The van der Waals surface area contributed by atoms with E-state index in [0.717, 1.165) is 39.8 Å². The first-order chi connectivity index (χ1) is 14.6. The molecule has 1 N–H and O–H groups in total. The van der Waals surface area contributed by atoms with E-state index >= 15 is 0 Å². The van der Waals surface area contributed by atoms with E-state index in [-0.39, 0.29) is 17.7 Å². The Kier molecular flexibility index (Phi) is 5.32. The molecular weight excluding hydrogens is 409 g/mol. The van der Waals surface area contributed by atoms with E-state index in [9.17, 15) is 18.0 Å². The van der Waals surface area contributed by atoms with Crippen LogP contribution in [0.5, 0.6) is 0 Å². The van der Waals surface area contributed by atoms with Gasteiger partial charge in [-0.3, -0.25) is 19.1 Å². The summed E-state index contributed by atoms with van der Waals surface area (Å²) in [6, 6.07) is 6.24. The number of alkyl halides is 3. The predicted octanol–water partition coefficient (Wildman–Crippen LogP) is 4.09. The molecule has 0 bridgehead atoms. The third-order valence-corrected chi connectivity index (χ3v) is 5.41. The van der Waals surface area contributed by atoms with E-state index < -0.39 is 17.8 Å². The molecule has 0 radical (unpaired) electrons. The van der Waals surface area contributed by atoms with Crippen LogP contribution < -0.4 is 5.32 Å². The van der Waals surface area contributed by atoms with Crippen molar-refractivity contribution in [3.63, 3.8) is 0 Å². The summed E-state index contributed by atoms with van der Waals surface area (Å²) in [4.78, 5) is 17.1. The van der Waals surface area contributed by atoms with Gasteiger partial charge in [-0.2, -0.15) is 23.4 Å². The van der Waals surface area contributed by atoms with E-state index in [4.69, 9.17) is 0 Å². The average Bonchev–Trinajstić information content (AvgIpc) is 3.32. The molecule has 3 aromatic rings. The lowest BCUT2D eigenvalue weighted by Gasteiger charge is -2.24. The molecule has 0 spiro atoms. The highest BCUT2D eigenvalue weighted by Crippen LogP contribution is 2.31. The quantitative estimate of drug-likeness (QED) is 0.674. The number of aryl methyl sites for hydroxylation is 2. The molecule has 0 aliphatic carbocycles. The lowest BCUT2D eigenvalue weighted by Crippen LogP contribution is -2.33. The fourth-order valence-electron chi connectivity index (χ4n) is 3.74. The van der Waals surface area contributed by atoms with E-state index in [1.165, 1.54) is 7.05 Å². The van der Waals surface area contributed by atoms with Crippen molar-refractivity contribution in [3.8, 4) is 11.3 Å². The fraction of sp³-hybridized carbons (Fsp3) is 0.429. The monoisotopic (exact) mass is 432 g/mol. The molecule has 4 rings (SSSR count). The lowest BCUT2D eigenvalue weighted by molar-refractivity contribution is -0.141. The fourth-order valence-corrected chi connectivity index (χ4v) is 3.74. The molecule has 0 aromatic carbocycles. The number of pyridine rings is 1. The first-order valence-electron chi connectivity index (χ1n) is 10.1. The third kappa shape index (κ3) is 4.19. The largest absolute Gasteiger partial charge is 0.435 e. The smallest absolute Gasteiger partial charge is 0.342 e. The van der Waals surface area contributed by atoms with Crippen LogP contribution in [0, 0.1) is 0 Å². The van der Waals surface area contributed by atoms with Gasteiger partial charge in [-0.05, 0) is 37.0 Å². The standard InChI is InChI=1S/C21H23F3N6O/c1-12(2)15-9-13(6-7-25-15)16-10-17-14(5-4-8-30(17)27-16)26-20(31)18-11-19(21(22,23)24)28-29(18)3/h6-7,9-12,14H,4-5,8H2,1-3H3,(H,26,31)/t14-/m1/s1. The lowest BCUT2D eigenvalue weighted by atomic mass is 10.0. The van der Waals surface area contributed by atoms with Crippen LogP contribution >= 0.6 is 0 Å². The number of halogens is 3. The molecular formula is C21H23F3N6O. The molecule has 1 aliphatic rings. The van der Waals surface area contributed by atoms with Gasteiger partial charge >= 0.3 is 6.18 Å². The summed E-state index contributed by atoms with van der Waals surface area (Å²) >= 11 is 0. The molecule has 0 unspecified atom stereocenters. The minimum absolute atomic E-state index is 0.139. The van der Waals surface area contributed by atoms with E-state index in [1.807, 2.05) is 22.9 Å². The number of nitrogens with one attached hydrogen (secondary N) is 1. The van der Waals surface area contributed by atoms with Gasteiger partial charge in [0.05, 0.1) is 17.4 Å². The molecule has 7 nitrogen and oxygen atoms in total. The summed E-state index contributed by atoms with van der Waals surface area (Å²) in [6.07, 6.45) is -1.38. The first kappa shape index (κ1) is 21.1. The van der Waals surface area contributed by atoms with Gasteiger partial charge < -0.3 is 5.32 Å². The van der Waals surface area contributed by atoms with Gasteiger partial charge in [0, 0.05) is 37.1 Å². The number of hydrogen-bond acceptors (Lipinski definition) is 4. The number of carbonyl (C=O) groups excluding carboxylic acids is 1. The topological polar surface area (TPSA) is 77.6 Å². The summed E-state index contributed by atoms with van der Waals surface area (Å²) in [5.74, 6) is -0.317. The van der Waals surface area contributed by atoms with Crippen molar-refractivity contribution < 1.29 is 18.0 Å². The maximum absolute atomic E-state index is 12.9. The van der Waals surface area contributed by atoms with Crippen molar-refractivity contribution in [2.75, 3.05) is 0 Å². The summed E-state index contributed by atoms with van der Waals surface area (Å²) in [5.41, 5.74) is 2.28. The molecule has 0 fully saturated rings. The second-order valence-electron chi connectivity index (χ2n) is 8.01. The Morgan fingerprint density at radius 3 is 2.68 bits per heavy atom. The third-order valence-electron chi connectivity index (χ3n) is 5.41. The summed E-state index contributed by atoms with van der Waals surface area (Å²) in [5, 5.41) is 10.9. The molecule has 31 heavy (non-hydrogen) atoms. The van der Waals surface area contributed by atoms with Crippen LogP contribution in [-0.4, -0.2) is 30.5 Å². The Morgan fingerprint density at radius 1 is 1.23 bits per heavy atom. The minimum atomic E-state index is -4.60. The van der Waals surface area contributed by atoms with Gasteiger partial charge in [-0.15, -0.1) is 0 Å². The summed E-state index contributed by atoms with van der Waals surface area (Å²) in [7, 11) is 1.32. The highest BCUT2D eigenvalue weighted by molar-refractivity contribution is 5.93. The Balaban J connectivity index is 1.59. The van der Waals surface area contributed by atoms with Crippen LogP contribution in [0.15, 0.2) is 30.5 Å². The molecule has 1 aliphatic heterocycles. The Bertz CT molecular complexity index is 1110. The minimum Gasteiger partial charge on any atom is -0.342 e. The number of nitrogens with zero attached hydrogens (tertiary/aromatic N) is 5. The zero-order valence-electron chi connectivity index (χ0n) is 17.4. The van der Waals surface area contributed by atoms with Crippen molar-refractivity contribution in [1.29, 1.82) is 0 Å². The van der Waals surface area contributed by atoms with Gasteiger partial charge in [0.25, 0.3) is 5.91 Å². The average molecular weight is 432 g/mol. The molecule has 0 saturated heterocycles. The molecule has 4 heterocycles. The van der Waals surface area contributed by atoms with Crippen molar-refractivity contribution in [3.05, 3.63) is 53.2 Å². The van der Waals surface area contributed by atoms with Crippen LogP contribution in [0.2, 0.25) is 0 Å². The van der Waals surface area contributed by atoms with Gasteiger partial charge in [0.1, 0.15) is 5.69 Å². The predicted molar refractivity (Wildman–Crippen MR) is 107 cm³/mol. The van der Waals surface area contributed by atoms with E-state index in [0.29, 0.717) is 13.0 Å². The highest BCUT2D eigenvalue weighted by Gasteiger charge is 2.36. The van der Waals surface area contributed by atoms with Crippen LogP contribution in [-0.2, 0) is 19.8 Å². The van der Waals surface area contributed by atoms with Crippen LogP contribution in [0.1, 0.15) is 66.2 Å². The number of rotatable bonds is 4. The molecule has 1 amide bonds. The number of hydrogen-bond donors (Lipinski definition) is 1. The molecule has 0 saturated carbocycles. The van der Waals surface area contributed by atoms with Crippen molar-refractivity contribution in [1.82, 2.24) is 29.9 Å².